The predicted molar refractivity (Wildman–Crippen MR) is 90.0 cm³/mol. The van der Waals surface area contributed by atoms with Crippen LogP contribution in [0.5, 0.6) is 0 Å². The molecule has 0 radical (unpaired) electrons. The summed E-state index contributed by atoms with van der Waals surface area (Å²) in [5, 5.41) is 16.7. The number of nitrogens with one attached hydrogen (secondary N) is 2. The van der Waals surface area contributed by atoms with E-state index in [4.69, 9.17) is 4.74 Å². The van der Waals surface area contributed by atoms with Gasteiger partial charge in [-0.2, -0.15) is 0 Å². The Labute approximate surface area is 138 Å². The van der Waals surface area contributed by atoms with Crippen LogP contribution in [0.3, 0.4) is 0 Å². The van der Waals surface area contributed by atoms with Crippen LogP contribution in [0.15, 0.2) is 30.3 Å². The number of amides is 1. The molecular weight excluding hydrogens is 292 g/mol. The van der Waals surface area contributed by atoms with Crippen LogP contribution >= 0.6 is 0 Å². The second-order valence-corrected chi connectivity index (χ2v) is 6.34. The van der Waals surface area contributed by atoms with Crippen molar-refractivity contribution in [2.75, 3.05) is 13.7 Å². The summed E-state index contributed by atoms with van der Waals surface area (Å²) in [4.78, 5) is 12.5. The Balaban J connectivity index is 1.94. The minimum atomic E-state index is -0.724. The zero-order valence-corrected chi connectivity index (χ0v) is 14.2. The quantitative estimate of drug-likeness (QED) is 0.714. The first-order valence-electron chi connectivity index (χ1n) is 8.34. The predicted octanol–water partition coefficient (Wildman–Crippen LogP) is 1.63. The summed E-state index contributed by atoms with van der Waals surface area (Å²) in [6.07, 6.45) is 1.26. The van der Waals surface area contributed by atoms with E-state index in [2.05, 4.69) is 10.6 Å². The van der Waals surface area contributed by atoms with E-state index in [9.17, 15) is 9.90 Å². The maximum atomic E-state index is 12.5. The largest absolute Gasteiger partial charge is 0.386 e. The maximum Gasteiger partial charge on any atom is 0.225 e. The molecule has 1 fully saturated rings. The zero-order chi connectivity index (χ0) is 16.8. The van der Waals surface area contributed by atoms with E-state index in [1.165, 1.54) is 0 Å². The first-order chi connectivity index (χ1) is 11.0. The highest BCUT2D eigenvalue weighted by atomic mass is 16.5. The molecule has 1 heterocycles. The molecule has 1 saturated heterocycles. The summed E-state index contributed by atoms with van der Waals surface area (Å²) in [7, 11) is 1.65. The van der Waals surface area contributed by atoms with Crippen LogP contribution in [0.4, 0.5) is 0 Å². The number of aliphatic hydroxyl groups is 1. The molecule has 23 heavy (non-hydrogen) atoms. The molecule has 0 aliphatic carbocycles. The number of carbonyl (C=O) groups is 1. The number of methoxy groups -OCH3 is 1. The zero-order valence-electron chi connectivity index (χ0n) is 14.2. The van der Waals surface area contributed by atoms with Gasteiger partial charge in [0.25, 0.3) is 0 Å². The van der Waals surface area contributed by atoms with Gasteiger partial charge in [-0.25, -0.2) is 0 Å². The minimum absolute atomic E-state index is 0.0898. The molecular formula is C18H28N2O3. The molecule has 1 aliphatic heterocycles. The Kier molecular flexibility index (Phi) is 6.57. The molecule has 3 N–H and O–H groups in total. The number of rotatable bonds is 7. The van der Waals surface area contributed by atoms with E-state index in [0.717, 1.165) is 24.9 Å². The lowest BCUT2D eigenvalue weighted by atomic mass is 9.94. The van der Waals surface area contributed by atoms with Crippen molar-refractivity contribution in [3.8, 4) is 0 Å². The molecule has 1 aliphatic rings. The van der Waals surface area contributed by atoms with Crippen LogP contribution in [0.1, 0.15) is 38.4 Å². The SMILES string of the molecule is CO[C@@H]([C@@H]1CCCN1)[C@H](C)C(=O)N[C@H](C)[C@@H](O)c1ccccc1. The van der Waals surface area contributed by atoms with Crippen LogP contribution < -0.4 is 10.6 Å². The first-order valence-corrected chi connectivity index (χ1v) is 8.34. The lowest BCUT2D eigenvalue weighted by Gasteiger charge is -2.29. The Morgan fingerprint density at radius 1 is 1.35 bits per heavy atom. The molecule has 0 bridgehead atoms. The molecule has 128 valence electrons. The summed E-state index contributed by atoms with van der Waals surface area (Å²) in [5.74, 6) is -0.367. The minimum Gasteiger partial charge on any atom is -0.386 e. The molecule has 5 atom stereocenters. The Morgan fingerprint density at radius 3 is 2.61 bits per heavy atom. The summed E-state index contributed by atoms with van der Waals surface area (Å²) < 4.78 is 5.56. The van der Waals surface area contributed by atoms with Gasteiger partial charge in [-0.3, -0.25) is 4.79 Å². The fourth-order valence-electron chi connectivity index (χ4n) is 3.23. The highest BCUT2D eigenvalue weighted by molar-refractivity contribution is 5.79. The second kappa shape index (κ2) is 8.43. The van der Waals surface area contributed by atoms with Crippen molar-refractivity contribution in [3.05, 3.63) is 35.9 Å². The van der Waals surface area contributed by atoms with Gasteiger partial charge in [-0.15, -0.1) is 0 Å². The van der Waals surface area contributed by atoms with Crippen molar-refractivity contribution in [2.45, 2.75) is 51.0 Å². The standard InChI is InChI=1S/C18H28N2O3/c1-12(17(23-3)15-10-7-11-19-15)18(22)20-13(2)16(21)14-8-5-4-6-9-14/h4-6,8-9,12-13,15-17,19,21H,7,10-11H2,1-3H3,(H,20,22)/t12-,13+,15-,16+,17+/m0/s1. The molecule has 5 nitrogen and oxygen atoms in total. The van der Waals surface area contributed by atoms with Gasteiger partial charge < -0.3 is 20.5 Å². The molecule has 1 aromatic carbocycles. The topological polar surface area (TPSA) is 70.6 Å². The lowest BCUT2D eigenvalue weighted by Crippen LogP contribution is -2.48. The van der Waals surface area contributed by atoms with Gasteiger partial charge in [-0.1, -0.05) is 37.3 Å². The number of aliphatic hydroxyl groups excluding tert-OH is 1. The fraction of sp³-hybridized carbons (Fsp3) is 0.611. The van der Waals surface area contributed by atoms with Gasteiger partial charge in [0.1, 0.15) is 0 Å². The Bertz CT molecular complexity index is 488. The number of benzene rings is 1. The molecule has 2 rings (SSSR count). The van der Waals surface area contributed by atoms with Gasteiger partial charge in [0.2, 0.25) is 5.91 Å². The van der Waals surface area contributed by atoms with Crippen LogP contribution in [0.25, 0.3) is 0 Å². The molecule has 0 saturated carbocycles. The van der Waals surface area contributed by atoms with Gasteiger partial charge in [-0.05, 0) is 31.9 Å². The molecule has 1 aromatic rings. The summed E-state index contributed by atoms with van der Waals surface area (Å²) in [6.45, 7) is 4.67. The molecule has 1 amide bonds. The average Bonchev–Trinajstić information content (AvgIpc) is 3.09. The second-order valence-electron chi connectivity index (χ2n) is 6.34. The fourth-order valence-corrected chi connectivity index (χ4v) is 3.23. The van der Waals surface area contributed by atoms with Crippen molar-refractivity contribution >= 4 is 5.91 Å². The van der Waals surface area contributed by atoms with Gasteiger partial charge in [0.05, 0.1) is 24.2 Å². The third kappa shape index (κ3) is 4.53. The third-order valence-electron chi connectivity index (χ3n) is 4.66. The number of ether oxygens (including phenoxy) is 1. The van der Waals surface area contributed by atoms with Gasteiger partial charge >= 0.3 is 0 Å². The summed E-state index contributed by atoms with van der Waals surface area (Å²) in [5.41, 5.74) is 0.800. The van der Waals surface area contributed by atoms with Crippen LogP contribution in [0.2, 0.25) is 0 Å². The van der Waals surface area contributed by atoms with E-state index in [-0.39, 0.29) is 30.0 Å². The van der Waals surface area contributed by atoms with E-state index in [1.54, 1.807) is 7.11 Å². The van der Waals surface area contributed by atoms with Crippen LogP contribution in [-0.2, 0) is 9.53 Å². The maximum absolute atomic E-state index is 12.5. The highest BCUT2D eigenvalue weighted by Gasteiger charge is 2.33. The molecule has 0 spiro atoms. The van der Waals surface area contributed by atoms with Gasteiger partial charge in [0, 0.05) is 13.2 Å². The highest BCUT2D eigenvalue weighted by Crippen LogP contribution is 2.20. The molecule has 5 heteroatoms. The van der Waals surface area contributed by atoms with Crippen LogP contribution in [0, 0.1) is 5.92 Å². The number of carbonyl (C=O) groups excluding carboxylic acids is 1. The monoisotopic (exact) mass is 320 g/mol. The smallest absolute Gasteiger partial charge is 0.225 e. The third-order valence-corrected chi connectivity index (χ3v) is 4.66. The van der Waals surface area contributed by atoms with E-state index < -0.39 is 6.10 Å². The molecule has 0 aromatic heterocycles. The average molecular weight is 320 g/mol. The van der Waals surface area contributed by atoms with Gasteiger partial charge in [0.15, 0.2) is 0 Å². The van der Waals surface area contributed by atoms with E-state index in [1.807, 2.05) is 44.2 Å². The van der Waals surface area contributed by atoms with E-state index in [0.29, 0.717) is 0 Å². The van der Waals surface area contributed by atoms with Crippen molar-refractivity contribution in [2.24, 2.45) is 5.92 Å². The first kappa shape index (κ1) is 17.9. The normalized spacial score (nSPS) is 23.0. The summed E-state index contributed by atoms with van der Waals surface area (Å²) in [6, 6.07) is 9.23. The number of hydrogen-bond donors (Lipinski definition) is 3. The van der Waals surface area contributed by atoms with Crippen LogP contribution in [-0.4, -0.2) is 42.9 Å². The van der Waals surface area contributed by atoms with Crippen molar-refractivity contribution in [1.29, 1.82) is 0 Å². The van der Waals surface area contributed by atoms with Crippen molar-refractivity contribution < 1.29 is 14.6 Å². The molecule has 0 unspecified atom stereocenters. The Morgan fingerprint density at radius 2 is 2.04 bits per heavy atom. The lowest BCUT2D eigenvalue weighted by molar-refractivity contribution is -0.131. The summed E-state index contributed by atoms with van der Waals surface area (Å²) >= 11 is 0. The van der Waals surface area contributed by atoms with Crippen molar-refractivity contribution in [3.63, 3.8) is 0 Å². The van der Waals surface area contributed by atoms with E-state index >= 15 is 0 Å². The Hall–Kier alpha value is -1.43. The van der Waals surface area contributed by atoms with Crippen molar-refractivity contribution in [1.82, 2.24) is 10.6 Å². The number of hydrogen-bond acceptors (Lipinski definition) is 4.